The van der Waals surface area contributed by atoms with E-state index in [1.54, 1.807) is 48.5 Å². The molecule has 3 aromatic rings. The topological polar surface area (TPSA) is 124 Å². The molecule has 1 aromatic heterocycles. The number of unbranched alkanes of at least 4 members (excludes halogenated alkanes) is 2. The Balaban J connectivity index is 1.72. The molecule has 34 heavy (non-hydrogen) atoms. The normalized spacial score (nSPS) is 10.9. The second-order valence-electron chi connectivity index (χ2n) is 8.04. The van der Waals surface area contributed by atoms with Crippen molar-refractivity contribution in [3.05, 3.63) is 48.5 Å². The molecule has 182 valence electrons. The van der Waals surface area contributed by atoms with Gasteiger partial charge in [0.25, 0.3) is 0 Å². The monoisotopic (exact) mass is 465 g/mol. The van der Waals surface area contributed by atoms with Crippen LogP contribution in [0.3, 0.4) is 0 Å². The summed E-state index contributed by atoms with van der Waals surface area (Å²) in [5.41, 5.74) is 12.8. The van der Waals surface area contributed by atoms with E-state index in [1.165, 1.54) is 25.7 Å². The van der Waals surface area contributed by atoms with E-state index in [1.807, 2.05) is 0 Å². The maximum Gasteiger partial charge on any atom is 0.330 e. The number of nitrogens with two attached hydrogens (primary N) is 2. The van der Waals surface area contributed by atoms with Gasteiger partial charge in [0.2, 0.25) is 5.95 Å². The summed E-state index contributed by atoms with van der Waals surface area (Å²) in [7, 11) is 0. The summed E-state index contributed by atoms with van der Waals surface area (Å²) < 4.78 is 11.7. The Morgan fingerprint density at radius 2 is 1.18 bits per heavy atom. The highest BCUT2D eigenvalue weighted by atomic mass is 16.5. The molecule has 0 radical (unpaired) electrons. The summed E-state index contributed by atoms with van der Waals surface area (Å²) in [6, 6.07) is 14.3. The van der Waals surface area contributed by atoms with Gasteiger partial charge in [0.15, 0.2) is 0 Å². The van der Waals surface area contributed by atoms with Crippen molar-refractivity contribution >= 4 is 17.3 Å². The largest absolute Gasteiger partial charge is 0.424 e. The first kappa shape index (κ1) is 25.0. The van der Waals surface area contributed by atoms with Crippen LogP contribution in [0.25, 0.3) is 0 Å². The SMILES string of the molecule is CCCCN(CCCC)CCNc1nc(Oc2ccc(N)cc2)nc(Oc2ccc(N)cc2)n1. The first-order chi connectivity index (χ1) is 16.6. The summed E-state index contributed by atoms with van der Waals surface area (Å²) in [6.45, 7) is 8.20. The van der Waals surface area contributed by atoms with Crippen molar-refractivity contribution in [2.45, 2.75) is 39.5 Å². The highest BCUT2D eigenvalue weighted by Gasteiger charge is 2.12. The standard InChI is InChI=1S/C25H35N7O2/c1-3-5-16-32(17-6-4-2)18-15-28-23-29-24(33-21-11-7-19(26)8-12-21)31-25(30-23)34-22-13-9-20(27)10-14-22/h7-14H,3-6,15-18,26-27H2,1-2H3,(H,28,29,30,31). The number of anilines is 3. The highest BCUT2D eigenvalue weighted by Crippen LogP contribution is 2.24. The third-order valence-electron chi connectivity index (χ3n) is 5.14. The van der Waals surface area contributed by atoms with E-state index in [2.05, 4.69) is 39.0 Å². The minimum absolute atomic E-state index is 0.126. The van der Waals surface area contributed by atoms with E-state index >= 15 is 0 Å². The zero-order valence-corrected chi connectivity index (χ0v) is 20.0. The van der Waals surface area contributed by atoms with Gasteiger partial charge in [-0.05, 0) is 74.5 Å². The van der Waals surface area contributed by atoms with E-state index in [9.17, 15) is 0 Å². The van der Waals surface area contributed by atoms with E-state index in [0.29, 0.717) is 35.4 Å². The fourth-order valence-corrected chi connectivity index (χ4v) is 3.22. The van der Waals surface area contributed by atoms with Gasteiger partial charge in [-0.15, -0.1) is 4.98 Å². The Morgan fingerprint density at radius 1 is 0.706 bits per heavy atom. The summed E-state index contributed by atoms with van der Waals surface area (Å²) in [4.78, 5) is 15.6. The Labute approximate surface area is 201 Å². The van der Waals surface area contributed by atoms with Gasteiger partial charge in [-0.1, -0.05) is 26.7 Å². The van der Waals surface area contributed by atoms with Crippen LogP contribution in [-0.4, -0.2) is 46.0 Å². The Kier molecular flexibility index (Phi) is 9.72. The van der Waals surface area contributed by atoms with Gasteiger partial charge in [-0.2, -0.15) is 9.97 Å². The van der Waals surface area contributed by atoms with E-state index < -0.39 is 0 Å². The predicted octanol–water partition coefficient (Wildman–Crippen LogP) is 4.93. The lowest BCUT2D eigenvalue weighted by atomic mass is 10.2. The van der Waals surface area contributed by atoms with Crippen LogP contribution >= 0.6 is 0 Å². The molecule has 0 aliphatic heterocycles. The molecule has 0 aliphatic rings. The lowest BCUT2D eigenvalue weighted by molar-refractivity contribution is 0.275. The Hall–Kier alpha value is -3.59. The molecule has 0 saturated heterocycles. The first-order valence-corrected chi connectivity index (χ1v) is 11.8. The van der Waals surface area contributed by atoms with Crippen molar-refractivity contribution < 1.29 is 9.47 Å². The second-order valence-corrected chi connectivity index (χ2v) is 8.04. The molecule has 9 heteroatoms. The van der Waals surface area contributed by atoms with E-state index in [4.69, 9.17) is 20.9 Å². The van der Waals surface area contributed by atoms with Gasteiger partial charge in [0, 0.05) is 24.5 Å². The van der Waals surface area contributed by atoms with Gasteiger partial charge in [0.05, 0.1) is 0 Å². The number of nitrogens with zero attached hydrogens (tertiary/aromatic N) is 4. The minimum atomic E-state index is 0.126. The molecule has 9 nitrogen and oxygen atoms in total. The van der Waals surface area contributed by atoms with E-state index in [-0.39, 0.29) is 12.0 Å². The number of rotatable bonds is 14. The third kappa shape index (κ3) is 8.40. The number of hydrogen-bond donors (Lipinski definition) is 3. The number of hydrogen-bond acceptors (Lipinski definition) is 9. The summed E-state index contributed by atoms with van der Waals surface area (Å²) in [5, 5.41) is 3.29. The van der Waals surface area contributed by atoms with Gasteiger partial charge >= 0.3 is 12.0 Å². The van der Waals surface area contributed by atoms with Crippen molar-refractivity contribution in [1.29, 1.82) is 0 Å². The third-order valence-corrected chi connectivity index (χ3v) is 5.14. The average molecular weight is 466 g/mol. The zero-order chi connectivity index (χ0) is 24.2. The molecule has 1 heterocycles. The van der Waals surface area contributed by atoms with Gasteiger partial charge in [-0.3, -0.25) is 0 Å². The van der Waals surface area contributed by atoms with Crippen LogP contribution in [0.4, 0.5) is 17.3 Å². The van der Waals surface area contributed by atoms with Crippen molar-refractivity contribution in [1.82, 2.24) is 19.9 Å². The lowest BCUT2D eigenvalue weighted by Crippen LogP contribution is -2.31. The zero-order valence-electron chi connectivity index (χ0n) is 20.0. The summed E-state index contributed by atoms with van der Waals surface area (Å²) in [5.74, 6) is 1.52. The fourth-order valence-electron chi connectivity index (χ4n) is 3.22. The van der Waals surface area contributed by atoms with Gasteiger partial charge in [0.1, 0.15) is 11.5 Å². The molecular weight excluding hydrogens is 430 g/mol. The van der Waals surface area contributed by atoms with Crippen LogP contribution in [0.1, 0.15) is 39.5 Å². The molecule has 0 aliphatic carbocycles. The molecule has 3 rings (SSSR count). The number of benzene rings is 2. The molecule has 0 amide bonds. The van der Waals surface area contributed by atoms with Gasteiger partial charge < -0.3 is 31.2 Å². The molecule has 0 unspecified atom stereocenters. The molecule has 5 N–H and O–H groups in total. The molecule has 0 spiro atoms. The van der Waals surface area contributed by atoms with Crippen molar-refractivity contribution in [3.63, 3.8) is 0 Å². The lowest BCUT2D eigenvalue weighted by Gasteiger charge is -2.22. The second kappa shape index (κ2) is 13.2. The molecular formula is C25H35N7O2. The number of ether oxygens (including phenoxy) is 2. The predicted molar refractivity (Wildman–Crippen MR) is 136 cm³/mol. The number of nitrogens with one attached hydrogen (secondary N) is 1. The molecule has 0 fully saturated rings. The molecule has 0 atom stereocenters. The quantitative estimate of drug-likeness (QED) is 0.284. The minimum Gasteiger partial charge on any atom is -0.424 e. The molecule has 2 aromatic carbocycles. The first-order valence-electron chi connectivity index (χ1n) is 11.8. The maximum atomic E-state index is 5.84. The van der Waals surface area contributed by atoms with Crippen LogP contribution in [-0.2, 0) is 0 Å². The Morgan fingerprint density at radius 3 is 1.62 bits per heavy atom. The smallest absolute Gasteiger partial charge is 0.330 e. The molecule has 0 saturated carbocycles. The highest BCUT2D eigenvalue weighted by molar-refractivity contribution is 5.43. The van der Waals surface area contributed by atoms with Crippen LogP contribution in [0.5, 0.6) is 23.5 Å². The van der Waals surface area contributed by atoms with Crippen LogP contribution < -0.4 is 26.3 Å². The summed E-state index contributed by atoms with van der Waals surface area (Å²) in [6.07, 6.45) is 4.74. The van der Waals surface area contributed by atoms with Crippen LogP contribution in [0, 0.1) is 0 Å². The molecule has 0 bridgehead atoms. The van der Waals surface area contributed by atoms with Crippen LogP contribution in [0.2, 0.25) is 0 Å². The van der Waals surface area contributed by atoms with Crippen molar-refractivity contribution in [2.75, 3.05) is 43.0 Å². The van der Waals surface area contributed by atoms with Crippen LogP contribution in [0.15, 0.2) is 48.5 Å². The number of aromatic nitrogens is 3. The number of nitrogen functional groups attached to an aromatic ring is 2. The fraction of sp³-hybridized carbons (Fsp3) is 0.400. The average Bonchev–Trinajstić information content (AvgIpc) is 2.83. The van der Waals surface area contributed by atoms with Crippen molar-refractivity contribution in [3.8, 4) is 23.5 Å². The summed E-state index contributed by atoms with van der Waals surface area (Å²) >= 11 is 0. The Bertz CT molecular complexity index is 923. The maximum absolute atomic E-state index is 5.84. The van der Waals surface area contributed by atoms with Crippen molar-refractivity contribution in [2.24, 2.45) is 0 Å². The van der Waals surface area contributed by atoms with E-state index in [0.717, 1.165) is 19.6 Å². The van der Waals surface area contributed by atoms with Gasteiger partial charge in [-0.25, -0.2) is 0 Å².